The Morgan fingerprint density at radius 2 is 2.17 bits per heavy atom. The fourth-order valence-corrected chi connectivity index (χ4v) is 4.08. The van der Waals surface area contributed by atoms with Crippen molar-refractivity contribution in [2.45, 2.75) is 61.5 Å². The monoisotopic (exact) mass is 343 g/mol. The molecule has 0 aliphatic heterocycles. The van der Waals surface area contributed by atoms with E-state index in [1.165, 1.54) is 22.9 Å². The number of aryl methyl sites for hydroxylation is 1. The van der Waals surface area contributed by atoms with Crippen molar-refractivity contribution >= 4 is 17.7 Å². The molecule has 1 N–H and O–H groups in total. The predicted molar refractivity (Wildman–Crippen MR) is 91.7 cm³/mol. The highest BCUT2D eigenvalue weighted by Gasteiger charge is 2.30. The zero-order valence-corrected chi connectivity index (χ0v) is 14.5. The van der Waals surface area contributed by atoms with E-state index >= 15 is 0 Å². The minimum absolute atomic E-state index is 0.0482. The van der Waals surface area contributed by atoms with Gasteiger partial charge in [0.2, 0.25) is 11.1 Å². The van der Waals surface area contributed by atoms with Crippen LogP contribution in [0.3, 0.4) is 0 Å². The van der Waals surface area contributed by atoms with Crippen LogP contribution >= 0.6 is 11.8 Å². The number of hydrogen-bond acceptors (Lipinski definition) is 5. The number of carbonyl (C=O) groups excluding carboxylic acids is 1. The Labute approximate surface area is 145 Å². The van der Waals surface area contributed by atoms with E-state index in [0.717, 1.165) is 37.3 Å². The molecule has 2 aliphatic rings. The number of hydrogen-bond donors (Lipinski definition) is 1. The van der Waals surface area contributed by atoms with E-state index < -0.39 is 0 Å². The van der Waals surface area contributed by atoms with Crippen molar-refractivity contribution < 1.29 is 4.79 Å². The summed E-state index contributed by atoms with van der Waals surface area (Å²) in [7, 11) is 0. The van der Waals surface area contributed by atoms with E-state index in [-0.39, 0.29) is 17.2 Å². The lowest BCUT2D eigenvalue weighted by atomic mass is 9.88. The van der Waals surface area contributed by atoms with E-state index in [2.05, 4.69) is 39.0 Å². The van der Waals surface area contributed by atoms with Crippen LogP contribution in [0.25, 0.3) is 0 Å². The van der Waals surface area contributed by atoms with Crippen LogP contribution in [-0.2, 0) is 11.2 Å². The first-order valence-electron chi connectivity index (χ1n) is 8.55. The Morgan fingerprint density at radius 1 is 1.33 bits per heavy atom. The molecule has 0 spiro atoms. The van der Waals surface area contributed by atoms with Crippen LogP contribution in [0.5, 0.6) is 0 Å². The van der Waals surface area contributed by atoms with Crippen LogP contribution < -0.4 is 5.32 Å². The molecular weight excluding hydrogens is 322 g/mol. The van der Waals surface area contributed by atoms with Gasteiger partial charge in [0.05, 0.1) is 17.3 Å². The molecule has 0 radical (unpaired) electrons. The molecule has 7 heteroatoms. The fourth-order valence-electron chi connectivity index (χ4n) is 3.22. The lowest BCUT2D eigenvalue weighted by molar-refractivity contribution is -0.121. The van der Waals surface area contributed by atoms with Gasteiger partial charge in [-0.15, -0.1) is 5.10 Å². The van der Waals surface area contributed by atoms with Crippen LogP contribution in [0.4, 0.5) is 0 Å². The summed E-state index contributed by atoms with van der Waals surface area (Å²) in [5, 5.41) is 15.6. The van der Waals surface area contributed by atoms with Crippen molar-refractivity contribution in [2.24, 2.45) is 0 Å². The molecule has 6 nitrogen and oxygen atoms in total. The van der Waals surface area contributed by atoms with Crippen LogP contribution in [-0.4, -0.2) is 31.4 Å². The number of tetrazole rings is 1. The number of carbonyl (C=O) groups is 1. The molecule has 2 aromatic rings. The van der Waals surface area contributed by atoms with Gasteiger partial charge in [-0.2, -0.15) is 0 Å². The molecule has 4 rings (SSSR count). The minimum atomic E-state index is -0.220. The second-order valence-electron chi connectivity index (χ2n) is 6.55. The molecule has 2 aliphatic carbocycles. The third kappa shape index (κ3) is 3.17. The Hall–Kier alpha value is -1.89. The quantitative estimate of drug-likeness (QED) is 0.845. The average Bonchev–Trinajstić information content (AvgIpc) is 3.34. The summed E-state index contributed by atoms with van der Waals surface area (Å²) in [6.45, 7) is 1.92. The summed E-state index contributed by atoms with van der Waals surface area (Å²) in [6.07, 6.45) is 5.46. The zero-order valence-electron chi connectivity index (χ0n) is 13.7. The molecule has 1 aromatic heterocycles. The number of nitrogens with zero attached hydrogens (tertiary/aromatic N) is 4. The third-order valence-electron chi connectivity index (χ3n) is 4.69. The number of fused-ring (bicyclic) bond motifs is 1. The summed E-state index contributed by atoms with van der Waals surface area (Å²) in [5.74, 6) is 0.0482. The number of aromatic nitrogens is 4. The molecule has 1 heterocycles. The van der Waals surface area contributed by atoms with Gasteiger partial charge in [0.1, 0.15) is 0 Å². The summed E-state index contributed by atoms with van der Waals surface area (Å²) >= 11 is 1.44. The van der Waals surface area contributed by atoms with Crippen molar-refractivity contribution in [1.29, 1.82) is 0 Å². The molecule has 24 heavy (non-hydrogen) atoms. The van der Waals surface area contributed by atoms with Gasteiger partial charge in [0.25, 0.3) is 0 Å². The first-order valence-corrected chi connectivity index (χ1v) is 9.43. The summed E-state index contributed by atoms with van der Waals surface area (Å²) in [4.78, 5) is 12.6. The largest absolute Gasteiger partial charge is 0.348 e. The van der Waals surface area contributed by atoms with Gasteiger partial charge in [0, 0.05) is 0 Å². The van der Waals surface area contributed by atoms with Crippen molar-refractivity contribution in [3.8, 4) is 0 Å². The fraction of sp³-hybridized carbons (Fsp3) is 0.529. The Morgan fingerprint density at radius 3 is 3.00 bits per heavy atom. The number of nitrogens with one attached hydrogen (secondary N) is 1. The standard InChI is InChI=1S/C17H21N5OS/c1-11(24-17-19-20-21-22(17)13-9-10-13)16(23)18-15-8-4-6-12-5-2-3-7-14(12)15/h2-3,5,7,11,13,15H,4,6,8-10H2,1H3,(H,18,23)/t11-,15-/m0/s1. The average molecular weight is 343 g/mol. The maximum absolute atomic E-state index is 12.6. The highest BCUT2D eigenvalue weighted by Crippen LogP contribution is 2.37. The summed E-state index contributed by atoms with van der Waals surface area (Å²) in [5.41, 5.74) is 2.61. The number of amides is 1. The second-order valence-corrected chi connectivity index (χ2v) is 7.86. The first-order chi connectivity index (χ1) is 11.7. The maximum atomic E-state index is 12.6. The van der Waals surface area contributed by atoms with Gasteiger partial charge < -0.3 is 5.32 Å². The molecule has 1 amide bonds. The van der Waals surface area contributed by atoms with Gasteiger partial charge >= 0.3 is 0 Å². The maximum Gasteiger partial charge on any atom is 0.233 e. The first kappa shape index (κ1) is 15.6. The molecule has 2 atom stereocenters. The minimum Gasteiger partial charge on any atom is -0.348 e. The topological polar surface area (TPSA) is 72.7 Å². The number of thioether (sulfide) groups is 1. The van der Waals surface area contributed by atoms with Crippen LogP contribution in [0, 0.1) is 0 Å². The second kappa shape index (κ2) is 6.55. The van der Waals surface area contributed by atoms with Gasteiger partial charge in [0.15, 0.2) is 0 Å². The van der Waals surface area contributed by atoms with Gasteiger partial charge in [-0.3, -0.25) is 4.79 Å². The summed E-state index contributed by atoms with van der Waals surface area (Å²) in [6, 6.07) is 8.94. The van der Waals surface area contributed by atoms with Crippen molar-refractivity contribution in [2.75, 3.05) is 0 Å². The normalized spacial score (nSPS) is 21.1. The number of benzene rings is 1. The van der Waals surface area contributed by atoms with E-state index in [0.29, 0.717) is 6.04 Å². The zero-order chi connectivity index (χ0) is 16.5. The van der Waals surface area contributed by atoms with Gasteiger partial charge in [-0.05, 0) is 60.6 Å². The van der Waals surface area contributed by atoms with Crippen molar-refractivity contribution in [3.05, 3.63) is 35.4 Å². The third-order valence-corrected chi connectivity index (χ3v) is 5.74. The molecule has 126 valence electrons. The highest BCUT2D eigenvalue weighted by atomic mass is 32.2. The van der Waals surface area contributed by atoms with Gasteiger partial charge in [-0.1, -0.05) is 36.0 Å². The molecule has 1 saturated carbocycles. The Kier molecular flexibility index (Phi) is 4.26. The molecule has 0 saturated heterocycles. The SMILES string of the molecule is C[C@H](Sc1nnnn1C1CC1)C(=O)N[C@H]1CCCc2ccccc21. The summed E-state index contributed by atoms with van der Waals surface area (Å²) < 4.78 is 1.85. The molecule has 1 fully saturated rings. The van der Waals surface area contributed by atoms with Gasteiger partial charge in [-0.25, -0.2) is 4.68 Å². The molecule has 0 unspecified atom stereocenters. The highest BCUT2D eigenvalue weighted by molar-refractivity contribution is 8.00. The van der Waals surface area contributed by atoms with E-state index in [4.69, 9.17) is 0 Å². The Bertz CT molecular complexity index is 742. The Balaban J connectivity index is 1.42. The lowest BCUT2D eigenvalue weighted by Crippen LogP contribution is -2.36. The molecule has 0 bridgehead atoms. The van der Waals surface area contributed by atoms with Crippen LogP contribution in [0.2, 0.25) is 0 Å². The van der Waals surface area contributed by atoms with Crippen LogP contribution in [0.15, 0.2) is 29.4 Å². The number of rotatable bonds is 5. The van der Waals surface area contributed by atoms with E-state index in [1.54, 1.807) is 0 Å². The van der Waals surface area contributed by atoms with E-state index in [9.17, 15) is 4.79 Å². The van der Waals surface area contributed by atoms with Crippen molar-refractivity contribution in [1.82, 2.24) is 25.5 Å². The predicted octanol–water partition coefficient (Wildman–Crippen LogP) is 2.68. The molecule has 1 aromatic carbocycles. The smallest absolute Gasteiger partial charge is 0.233 e. The van der Waals surface area contributed by atoms with Crippen LogP contribution in [0.1, 0.15) is 55.8 Å². The van der Waals surface area contributed by atoms with Crippen molar-refractivity contribution in [3.63, 3.8) is 0 Å². The molecular formula is C17H21N5OS. The lowest BCUT2D eigenvalue weighted by Gasteiger charge is -2.27. The van der Waals surface area contributed by atoms with E-state index in [1.807, 2.05) is 17.7 Å².